The van der Waals surface area contributed by atoms with Crippen LogP contribution in [0.3, 0.4) is 0 Å². The predicted octanol–water partition coefficient (Wildman–Crippen LogP) is 3.69. The molecule has 0 aliphatic heterocycles. The van der Waals surface area contributed by atoms with Gasteiger partial charge in [0.25, 0.3) is 0 Å². The van der Waals surface area contributed by atoms with E-state index in [9.17, 15) is 4.39 Å². The highest BCUT2D eigenvalue weighted by Crippen LogP contribution is 2.29. The minimum Gasteiger partial charge on any atom is -0.437 e. The number of ether oxygens (including phenoxy) is 1. The minimum atomic E-state index is -0.410. The maximum atomic E-state index is 12.9. The molecule has 5 heteroatoms. The third-order valence-electron chi connectivity index (χ3n) is 2.39. The van der Waals surface area contributed by atoms with Gasteiger partial charge in [0.15, 0.2) is 0 Å². The second-order valence-electron chi connectivity index (χ2n) is 3.90. The van der Waals surface area contributed by atoms with Crippen LogP contribution in [0.1, 0.15) is 18.5 Å². The molecule has 1 heterocycles. The third kappa shape index (κ3) is 2.97. The summed E-state index contributed by atoms with van der Waals surface area (Å²) in [5.41, 5.74) is 6.62. The summed E-state index contributed by atoms with van der Waals surface area (Å²) in [6, 6.07) is 7.35. The highest BCUT2D eigenvalue weighted by Gasteiger charge is 2.06. The van der Waals surface area contributed by atoms with Crippen molar-refractivity contribution in [3.05, 3.63) is 52.9 Å². The smallest absolute Gasteiger partial charge is 0.219 e. The summed E-state index contributed by atoms with van der Waals surface area (Å²) >= 11 is 5.85. The van der Waals surface area contributed by atoms with Crippen molar-refractivity contribution in [1.82, 2.24) is 4.98 Å². The average Bonchev–Trinajstić information content (AvgIpc) is 2.33. The Bertz CT molecular complexity index is 543. The van der Waals surface area contributed by atoms with E-state index in [4.69, 9.17) is 22.1 Å². The molecule has 0 radical (unpaired) electrons. The molecule has 1 atom stereocenters. The Morgan fingerprint density at radius 3 is 2.67 bits per heavy atom. The van der Waals surface area contributed by atoms with Gasteiger partial charge in [-0.2, -0.15) is 0 Å². The van der Waals surface area contributed by atoms with Gasteiger partial charge in [0, 0.05) is 18.3 Å². The van der Waals surface area contributed by atoms with Crippen molar-refractivity contribution in [1.29, 1.82) is 0 Å². The summed E-state index contributed by atoms with van der Waals surface area (Å²) in [6.07, 6.45) is 1.64. The van der Waals surface area contributed by atoms with Gasteiger partial charge in [0.05, 0.1) is 5.02 Å². The summed E-state index contributed by atoms with van der Waals surface area (Å²) in [7, 11) is 0. The van der Waals surface area contributed by atoms with E-state index in [1.807, 2.05) is 13.0 Å². The quantitative estimate of drug-likeness (QED) is 0.922. The van der Waals surface area contributed by atoms with Gasteiger partial charge in [-0.3, -0.25) is 0 Å². The van der Waals surface area contributed by atoms with Crippen molar-refractivity contribution in [2.75, 3.05) is 0 Å². The van der Waals surface area contributed by atoms with Crippen LogP contribution in [0.15, 0.2) is 36.5 Å². The van der Waals surface area contributed by atoms with E-state index in [0.29, 0.717) is 11.6 Å². The van der Waals surface area contributed by atoms with E-state index in [1.54, 1.807) is 12.3 Å². The highest BCUT2D eigenvalue weighted by molar-refractivity contribution is 6.32. The van der Waals surface area contributed by atoms with Crippen molar-refractivity contribution in [3.63, 3.8) is 0 Å². The number of rotatable bonds is 3. The van der Waals surface area contributed by atoms with Crippen molar-refractivity contribution in [2.45, 2.75) is 13.0 Å². The van der Waals surface area contributed by atoms with Crippen LogP contribution in [0.4, 0.5) is 4.39 Å². The van der Waals surface area contributed by atoms with Gasteiger partial charge >= 0.3 is 0 Å². The molecule has 1 aromatic carbocycles. The monoisotopic (exact) mass is 266 g/mol. The lowest BCUT2D eigenvalue weighted by atomic mass is 10.2. The van der Waals surface area contributed by atoms with Crippen LogP contribution in [0.5, 0.6) is 11.6 Å². The number of nitrogens with two attached hydrogens (primary N) is 1. The van der Waals surface area contributed by atoms with Crippen molar-refractivity contribution < 1.29 is 9.13 Å². The molecule has 2 aromatic rings. The van der Waals surface area contributed by atoms with Gasteiger partial charge in [-0.05, 0) is 30.7 Å². The van der Waals surface area contributed by atoms with Gasteiger partial charge in [-0.15, -0.1) is 0 Å². The zero-order valence-corrected chi connectivity index (χ0v) is 10.5. The lowest BCUT2D eigenvalue weighted by Gasteiger charge is -2.08. The van der Waals surface area contributed by atoms with Crippen LogP contribution in [0, 0.1) is 5.82 Å². The van der Waals surface area contributed by atoms with Crippen LogP contribution < -0.4 is 10.5 Å². The van der Waals surface area contributed by atoms with Gasteiger partial charge < -0.3 is 10.5 Å². The summed E-state index contributed by atoms with van der Waals surface area (Å²) < 4.78 is 18.3. The fraction of sp³-hybridized carbons (Fsp3) is 0.154. The maximum absolute atomic E-state index is 12.9. The number of pyridine rings is 1. The first-order valence-electron chi connectivity index (χ1n) is 5.40. The molecule has 0 fully saturated rings. The Labute approximate surface area is 109 Å². The van der Waals surface area contributed by atoms with Crippen molar-refractivity contribution in [3.8, 4) is 11.6 Å². The molecule has 0 saturated carbocycles. The first-order chi connectivity index (χ1) is 8.56. The molecule has 0 unspecified atom stereocenters. The summed E-state index contributed by atoms with van der Waals surface area (Å²) in [5, 5.41) is 0.202. The molecule has 2 N–H and O–H groups in total. The normalized spacial score (nSPS) is 12.2. The summed E-state index contributed by atoms with van der Waals surface area (Å²) in [6.45, 7) is 1.87. The van der Waals surface area contributed by atoms with Gasteiger partial charge in [-0.1, -0.05) is 17.7 Å². The Morgan fingerprint density at radius 1 is 1.33 bits per heavy atom. The summed E-state index contributed by atoms with van der Waals surface area (Å²) in [5.74, 6) is 0.333. The van der Waals surface area contributed by atoms with Crippen LogP contribution in [0.2, 0.25) is 5.02 Å². The number of aromatic nitrogens is 1. The van der Waals surface area contributed by atoms with E-state index in [0.717, 1.165) is 5.56 Å². The third-order valence-corrected chi connectivity index (χ3v) is 2.69. The lowest BCUT2D eigenvalue weighted by Crippen LogP contribution is -2.05. The fourth-order valence-electron chi connectivity index (χ4n) is 1.39. The molecule has 0 aliphatic rings. The minimum absolute atomic E-state index is 0.0824. The van der Waals surface area contributed by atoms with Crippen LogP contribution >= 0.6 is 11.6 Å². The molecular weight excluding hydrogens is 255 g/mol. The predicted molar refractivity (Wildman–Crippen MR) is 68.3 cm³/mol. The van der Waals surface area contributed by atoms with E-state index in [1.165, 1.54) is 18.2 Å². The number of hydrogen-bond acceptors (Lipinski definition) is 3. The number of benzene rings is 1. The summed E-state index contributed by atoms with van der Waals surface area (Å²) in [4.78, 5) is 4.10. The molecule has 18 heavy (non-hydrogen) atoms. The maximum Gasteiger partial charge on any atom is 0.219 e. The molecule has 0 saturated heterocycles. The van der Waals surface area contributed by atoms with Crippen LogP contribution in [-0.2, 0) is 0 Å². The molecular formula is C13H12ClFN2O. The zero-order chi connectivity index (χ0) is 13.1. The van der Waals surface area contributed by atoms with E-state index >= 15 is 0 Å². The Balaban J connectivity index is 2.18. The van der Waals surface area contributed by atoms with Crippen LogP contribution in [0.25, 0.3) is 0 Å². The van der Waals surface area contributed by atoms with Crippen LogP contribution in [-0.4, -0.2) is 4.98 Å². The second kappa shape index (κ2) is 5.33. The van der Waals surface area contributed by atoms with E-state index in [-0.39, 0.29) is 11.1 Å². The molecule has 94 valence electrons. The average molecular weight is 267 g/mol. The van der Waals surface area contributed by atoms with Gasteiger partial charge in [0.1, 0.15) is 11.6 Å². The fourth-order valence-corrected chi connectivity index (χ4v) is 1.60. The molecule has 2 rings (SSSR count). The first kappa shape index (κ1) is 12.8. The topological polar surface area (TPSA) is 48.1 Å². The van der Waals surface area contributed by atoms with E-state index in [2.05, 4.69) is 4.98 Å². The molecule has 0 aliphatic carbocycles. The molecule has 0 spiro atoms. The highest BCUT2D eigenvalue weighted by atomic mass is 35.5. The number of halogens is 2. The van der Waals surface area contributed by atoms with Crippen molar-refractivity contribution in [2.24, 2.45) is 5.73 Å². The largest absolute Gasteiger partial charge is 0.437 e. The lowest BCUT2D eigenvalue weighted by molar-refractivity contribution is 0.461. The van der Waals surface area contributed by atoms with E-state index < -0.39 is 5.82 Å². The SMILES string of the molecule is C[C@H](N)c1ccc(Oc2ccc(F)cc2Cl)nc1. The van der Waals surface area contributed by atoms with Gasteiger partial charge in [0.2, 0.25) is 5.88 Å². The number of nitrogens with zero attached hydrogens (tertiary/aromatic N) is 1. The van der Waals surface area contributed by atoms with Crippen molar-refractivity contribution >= 4 is 11.6 Å². The van der Waals surface area contributed by atoms with Gasteiger partial charge in [-0.25, -0.2) is 9.37 Å². The Kier molecular flexibility index (Phi) is 3.79. The standard InChI is InChI=1S/C13H12ClFN2O/c1-8(16)9-2-5-13(17-7-9)18-12-4-3-10(15)6-11(12)14/h2-8H,16H2,1H3/t8-/m0/s1. The Hall–Kier alpha value is -1.65. The second-order valence-corrected chi connectivity index (χ2v) is 4.30. The first-order valence-corrected chi connectivity index (χ1v) is 5.78. The molecule has 3 nitrogen and oxygen atoms in total. The molecule has 0 amide bonds. The zero-order valence-electron chi connectivity index (χ0n) is 9.73. The number of hydrogen-bond donors (Lipinski definition) is 1. The molecule has 0 bridgehead atoms. The molecule has 1 aromatic heterocycles. The Morgan fingerprint density at radius 2 is 2.11 bits per heavy atom.